The molecule has 0 heterocycles. The van der Waals surface area contributed by atoms with E-state index in [0.29, 0.717) is 30.9 Å². The minimum Gasteiger partial charge on any atom is -0.489 e. The highest BCUT2D eigenvalue weighted by Crippen LogP contribution is 2.19. The number of rotatable bonds is 11. The van der Waals surface area contributed by atoms with Gasteiger partial charge in [-0.05, 0) is 53.9 Å². The first-order valence-electron chi connectivity index (χ1n) is 10.3. The molecule has 2 N–H and O–H groups in total. The Labute approximate surface area is 190 Å². The third kappa shape index (κ3) is 8.15. The molecule has 0 spiro atoms. The summed E-state index contributed by atoms with van der Waals surface area (Å²) in [5.74, 6) is 0.568. The van der Waals surface area contributed by atoms with E-state index < -0.39 is 6.61 Å². The normalized spacial score (nSPS) is 10.4. The number of ether oxygens (including phenoxy) is 2. The average molecular weight is 451 g/mol. The maximum absolute atomic E-state index is 12.2. The van der Waals surface area contributed by atoms with E-state index in [1.807, 2.05) is 30.3 Å². The van der Waals surface area contributed by atoms with E-state index in [1.165, 1.54) is 12.1 Å². The van der Waals surface area contributed by atoms with Crippen LogP contribution in [0.15, 0.2) is 72.8 Å². The SMILES string of the molecule is N#Cc1cccc(COc2cccc(NCC(=O)NCCc3ccc(OC(F)F)cc3)c2)c1. The van der Waals surface area contributed by atoms with Gasteiger partial charge in [0.15, 0.2) is 0 Å². The van der Waals surface area contributed by atoms with Gasteiger partial charge in [-0.2, -0.15) is 14.0 Å². The molecular weight excluding hydrogens is 428 g/mol. The van der Waals surface area contributed by atoms with Crippen molar-refractivity contribution < 1.29 is 23.0 Å². The standard InChI is InChI=1S/C25H23F2N3O3/c26-25(27)33-22-9-7-18(8-10-22)11-12-29-24(31)16-30-21-5-2-6-23(14-21)32-17-20-4-1-3-19(13-20)15-28/h1-10,13-14,25,30H,11-12,16-17H2,(H,29,31). The molecule has 0 saturated heterocycles. The molecule has 33 heavy (non-hydrogen) atoms. The van der Waals surface area contributed by atoms with Crippen molar-refractivity contribution in [1.29, 1.82) is 5.26 Å². The van der Waals surface area contributed by atoms with E-state index >= 15 is 0 Å². The van der Waals surface area contributed by atoms with Crippen molar-refractivity contribution in [3.8, 4) is 17.6 Å². The number of carbonyl (C=O) groups excluding carboxylic acids is 1. The molecule has 6 nitrogen and oxygen atoms in total. The summed E-state index contributed by atoms with van der Waals surface area (Å²) in [6, 6.07) is 22.9. The van der Waals surface area contributed by atoms with Crippen LogP contribution in [0.4, 0.5) is 14.5 Å². The molecule has 0 atom stereocenters. The Kier molecular flexibility index (Phi) is 8.60. The summed E-state index contributed by atoms with van der Waals surface area (Å²) in [5.41, 5.74) is 3.11. The number of alkyl halides is 2. The fourth-order valence-electron chi connectivity index (χ4n) is 3.02. The van der Waals surface area contributed by atoms with Gasteiger partial charge in [0.2, 0.25) is 5.91 Å². The van der Waals surface area contributed by atoms with Crippen LogP contribution in [0, 0.1) is 11.3 Å². The van der Waals surface area contributed by atoms with Crippen LogP contribution in [-0.2, 0) is 17.8 Å². The average Bonchev–Trinajstić information content (AvgIpc) is 2.82. The number of hydrogen-bond acceptors (Lipinski definition) is 5. The lowest BCUT2D eigenvalue weighted by Gasteiger charge is -2.11. The van der Waals surface area contributed by atoms with Gasteiger partial charge in [-0.1, -0.05) is 30.3 Å². The van der Waals surface area contributed by atoms with Gasteiger partial charge in [0, 0.05) is 18.3 Å². The number of nitrogens with zero attached hydrogens (tertiary/aromatic N) is 1. The predicted octanol–water partition coefficient (Wildman–Crippen LogP) is 4.51. The fraction of sp³-hybridized carbons (Fsp3) is 0.200. The molecule has 0 radical (unpaired) electrons. The smallest absolute Gasteiger partial charge is 0.387 e. The zero-order chi connectivity index (χ0) is 23.5. The van der Waals surface area contributed by atoms with Gasteiger partial charge in [-0.15, -0.1) is 0 Å². The van der Waals surface area contributed by atoms with Crippen molar-refractivity contribution in [3.05, 3.63) is 89.5 Å². The van der Waals surface area contributed by atoms with E-state index in [2.05, 4.69) is 21.4 Å². The van der Waals surface area contributed by atoms with Crippen LogP contribution in [0.5, 0.6) is 11.5 Å². The number of amides is 1. The first kappa shape index (κ1) is 23.5. The molecule has 0 fully saturated rings. The van der Waals surface area contributed by atoms with Crippen molar-refractivity contribution in [2.24, 2.45) is 0 Å². The Morgan fingerprint density at radius 3 is 2.52 bits per heavy atom. The van der Waals surface area contributed by atoms with Gasteiger partial charge in [-0.3, -0.25) is 4.79 Å². The topological polar surface area (TPSA) is 83.4 Å². The molecule has 0 aliphatic heterocycles. The van der Waals surface area contributed by atoms with Crippen LogP contribution in [0.3, 0.4) is 0 Å². The number of benzene rings is 3. The fourth-order valence-corrected chi connectivity index (χ4v) is 3.02. The van der Waals surface area contributed by atoms with E-state index in [-0.39, 0.29) is 18.2 Å². The second-order valence-electron chi connectivity index (χ2n) is 7.10. The molecule has 3 aromatic carbocycles. The zero-order valence-electron chi connectivity index (χ0n) is 17.8. The lowest BCUT2D eigenvalue weighted by atomic mass is 10.1. The van der Waals surface area contributed by atoms with Crippen molar-refractivity contribution >= 4 is 11.6 Å². The Bertz CT molecular complexity index is 1100. The van der Waals surface area contributed by atoms with Gasteiger partial charge < -0.3 is 20.1 Å². The van der Waals surface area contributed by atoms with Crippen molar-refractivity contribution in [2.75, 3.05) is 18.4 Å². The van der Waals surface area contributed by atoms with Crippen LogP contribution in [0.25, 0.3) is 0 Å². The lowest BCUT2D eigenvalue weighted by Crippen LogP contribution is -2.31. The molecule has 3 rings (SSSR count). The maximum Gasteiger partial charge on any atom is 0.387 e. The highest BCUT2D eigenvalue weighted by Gasteiger charge is 2.05. The molecule has 0 aliphatic rings. The van der Waals surface area contributed by atoms with Crippen LogP contribution in [-0.4, -0.2) is 25.6 Å². The number of nitriles is 1. The summed E-state index contributed by atoms with van der Waals surface area (Å²) in [4.78, 5) is 12.1. The quantitative estimate of drug-likeness (QED) is 0.448. The Morgan fingerprint density at radius 2 is 1.76 bits per heavy atom. The van der Waals surface area contributed by atoms with E-state index in [0.717, 1.165) is 16.8 Å². The molecule has 1 amide bonds. The van der Waals surface area contributed by atoms with Gasteiger partial charge in [0.05, 0.1) is 18.2 Å². The van der Waals surface area contributed by atoms with E-state index in [4.69, 9.17) is 10.00 Å². The van der Waals surface area contributed by atoms with E-state index in [9.17, 15) is 13.6 Å². The van der Waals surface area contributed by atoms with Gasteiger partial charge >= 0.3 is 6.61 Å². The minimum absolute atomic E-state index is 0.0921. The molecule has 0 aromatic heterocycles. The molecular formula is C25H23F2N3O3. The predicted molar refractivity (Wildman–Crippen MR) is 120 cm³/mol. The molecule has 0 aliphatic carbocycles. The number of anilines is 1. The summed E-state index contributed by atoms with van der Waals surface area (Å²) in [7, 11) is 0. The van der Waals surface area contributed by atoms with Gasteiger partial charge in [-0.25, -0.2) is 0 Å². The van der Waals surface area contributed by atoms with Crippen LogP contribution >= 0.6 is 0 Å². The largest absolute Gasteiger partial charge is 0.489 e. The second kappa shape index (κ2) is 12.1. The van der Waals surface area contributed by atoms with Gasteiger partial charge in [0.25, 0.3) is 0 Å². The summed E-state index contributed by atoms with van der Waals surface area (Å²) < 4.78 is 34.4. The molecule has 0 saturated carbocycles. The number of halogens is 2. The summed E-state index contributed by atoms with van der Waals surface area (Å²) in [5, 5.41) is 14.8. The number of hydrogen-bond donors (Lipinski definition) is 2. The Morgan fingerprint density at radius 1 is 0.970 bits per heavy atom. The van der Waals surface area contributed by atoms with Crippen LogP contribution in [0.1, 0.15) is 16.7 Å². The highest BCUT2D eigenvalue weighted by atomic mass is 19.3. The van der Waals surface area contributed by atoms with Gasteiger partial charge in [0.1, 0.15) is 18.1 Å². The molecule has 0 bridgehead atoms. The first-order chi connectivity index (χ1) is 16.0. The lowest BCUT2D eigenvalue weighted by molar-refractivity contribution is -0.119. The van der Waals surface area contributed by atoms with Crippen LogP contribution < -0.4 is 20.1 Å². The molecule has 8 heteroatoms. The summed E-state index contributed by atoms with van der Waals surface area (Å²) >= 11 is 0. The Hall–Kier alpha value is -4.12. The monoisotopic (exact) mass is 451 g/mol. The third-order valence-electron chi connectivity index (χ3n) is 4.63. The first-order valence-corrected chi connectivity index (χ1v) is 10.3. The highest BCUT2D eigenvalue weighted by molar-refractivity contribution is 5.80. The minimum atomic E-state index is -2.85. The maximum atomic E-state index is 12.2. The molecule has 170 valence electrons. The third-order valence-corrected chi connectivity index (χ3v) is 4.63. The summed E-state index contributed by atoms with van der Waals surface area (Å²) in [6.45, 7) is -2.01. The van der Waals surface area contributed by atoms with Crippen molar-refractivity contribution in [2.45, 2.75) is 19.6 Å². The van der Waals surface area contributed by atoms with Crippen molar-refractivity contribution in [1.82, 2.24) is 5.32 Å². The van der Waals surface area contributed by atoms with E-state index in [1.54, 1.807) is 30.3 Å². The second-order valence-corrected chi connectivity index (χ2v) is 7.10. The number of nitrogens with one attached hydrogen (secondary N) is 2. The van der Waals surface area contributed by atoms with Crippen molar-refractivity contribution in [3.63, 3.8) is 0 Å². The summed E-state index contributed by atoms with van der Waals surface area (Å²) in [6.07, 6.45) is 0.566. The number of carbonyl (C=O) groups is 1. The Balaban J connectivity index is 1.39. The van der Waals surface area contributed by atoms with Crippen LogP contribution in [0.2, 0.25) is 0 Å². The molecule has 0 unspecified atom stereocenters. The zero-order valence-corrected chi connectivity index (χ0v) is 17.8. The molecule has 3 aromatic rings.